The van der Waals surface area contributed by atoms with Crippen LogP contribution in [-0.2, 0) is 14.6 Å². The minimum absolute atomic E-state index is 0.00460. The number of sulfone groups is 1. The number of halogens is 1. The molecule has 2 aromatic carbocycles. The van der Waals surface area contributed by atoms with Crippen molar-refractivity contribution in [2.75, 3.05) is 16.8 Å². The number of nitrogens with zero attached hydrogens (tertiary/aromatic N) is 1. The average molecular weight is 426 g/mol. The zero-order valence-electron chi connectivity index (χ0n) is 16.0. The molecule has 0 radical (unpaired) electrons. The second kappa shape index (κ2) is 6.77. The molecule has 2 aromatic rings. The summed E-state index contributed by atoms with van der Waals surface area (Å²) < 4.78 is 39.4. The van der Waals surface area contributed by atoms with Crippen molar-refractivity contribution in [1.29, 1.82) is 0 Å². The van der Waals surface area contributed by atoms with E-state index in [0.717, 1.165) is 30.7 Å². The number of carbonyl (C=O) groups is 2. The summed E-state index contributed by atoms with van der Waals surface area (Å²) in [7, 11) is -3.83. The van der Waals surface area contributed by atoms with Crippen molar-refractivity contribution in [2.45, 2.75) is 24.2 Å². The predicted molar refractivity (Wildman–Crippen MR) is 109 cm³/mol. The van der Waals surface area contributed by atoms with E-state index in [0.29, 0.717) is 23.8 Å². The van der Waals surface area contributed by atoms with Crippen LogP contribution in [-0.4, -0.2) is 26.7 Å². The van der Waals surface area contributed by atoms with Crippen molar-refractivity contribution in [1.82, 2.24) is 0 Å². The highest BCUT2D eigenvalue weighted by atomic mass is 32.2. The summed E-state index contributed by atoms with van der Waals surface area (Å²) in [6.45, 7) is 0.405. The lowest BCUT2D eigenvalue weighted by Crippen LogP contribution is -2.47. The van der Waals surface area contributed by atoms with Gasteiger partial charge in [-0.1, -0.05) is 25.0 Å². The highest BCUT2D eigenvalue weighted by Gasteiger charge is 2.44. The van der Waals surface area contributed by atoms with E-state index in [1.165, 1.54) is 23.1 Å². The van der Waals surface area contributed by atoms with Gasteiger partial charge in [0.05, 0.1) is 21.7 Å². The van der Waals surface area contributed by atoms with Crippen molar-refractivity contribution < 1.29 is 22.4 Å². The monoisotopic (exact) mass is 426 g/mol. The van der Waals surface area contributed by atoms with Gasteiger partial charge in [0, 0.05) is 17.8 Å². The molecule has 1 unspecified atom stereocenters. The van der Waals surface area contributed by atoms with E-state index < -0.39 is 33.3 Å². The number of rotatable bonds is 4. The smallest absolute Gasteiger partial charge is 0.244 e. The van der Waals surface area contributed by atoms with Gasteiger partial charge in [0.1, 0.15) is 11.7 Å². The molecule has 30 heavy (non-hydrogen) atoms. The minimum atomic E-state index is -3.83. The first-order valence-electron chi connectivity index (χ1n) is 9.83. The van der Waals surface area contributed by atoms with E-state index in [1.54, 1.807) is 18.2 Å². The van der Waals surface area contributed by atoms with Crippen LogP contribution in [0.5, 0.6) is 0 Å². The van der Waals surface area contributed by atoms with E-state index in [-0.39, 0.29) is 16.2 Å². The fourth-order valence-corrected chi connectivity index (χ4v) is 5.43. The van der Waals surface area contributed by atoms with E-state index in [2.05, 4.69) is 5.32 Å². The number of para-hydroxylation sites is 1. The molecule has 1 fully saturated rings. The molecule has 1 atom stereocenters. The molecule has 3 aliphatic rings. The van der Waals surface area contributed by atoms with Crippen LogP contribution < -0.4 is 10.2 Å². The van der Waals surface area contributed by atoms with Crippen molar-refractivity contribution in [3.63, 3.8) is 0 Å². The predicted octanol–water partition coefficient (Wildman–Crippen LogP) is 3.51. The summed E-state index contributed by atoms with van der Waals surface area (Å²) in [5.41, 5.74) is 0.775. The fraction of sp³-hybridized carbons (Fsp3) is 0.273. The van der Waals surface area contributed by atoms with Crippen LogP contribution in [0, 0.1) is 17.7 Å². The number of benzene rings is 2. The van der Waals surface area contributed by atoms with E-state index in [1.807, 2.05) is 0 Å². The Kier molecular flexibility index (Phi) is 4.28. The lowest BCUT2D eigenvalue weighted by atomic mass is 9.87. The van der Waals surface area contributed by atoms with Gasteiger partial charge < -0.3 is 10.2 Å². The van der Waals surface area contributed by atoms with Crippen molar-refractivity contribution in [2.24, 2.45) is 11.8 Å². The molecule has 8 heteroatoms. The lowest BCUT2D eigenvalue weighted by molar-refractivity contribution is -0.120. The first kappa shape index (κ1) is 19.0. The molecule has 6 nitrogen and oxygen atoms in total. The number of amides is 1. The summed E-state index contributed by atoms with van der Waals surface area (Å²) in [6, 6.07) is 10.1. The Labute approximate surface area is 173 Å². The molecule has 2 aliphatic heterocycles. The highest BCUT2D eigenvalue weighted by Crippen LogP contribution is 2.40. The molecular weight excluding hydrogens is 407 g/mol. The molecule has 1 amide bonds. The molecule has 5 rings (SSSR count). The Bertz CT molecular complexity index is 1220. The summed E-state index contributed by atoms with van der Waals surface area (Å²) in [6.07, 6.45) is 3.02. The summed E-state index contributed by atoms with van der Waals surface area (Å²) in [4.78, 5) is 28.2. The van der Waals surface area contributed by atoms with Gasteiger partial charge in [-0.05, 0) is 42.7 Å². The Morgan fingerprint density at radius 1 is 1.10 bits per heavy atom. The average Bonchev–Trinajstić information content (AvgIpc) is 3.52. The van der Waals surface area contributed by atoms with Gasteiger partial charge in [-0.3, -0.25) is 9.59 Å². The first-order valence-corrected chi connectivity index (χ1v) is 11.4. The summed E-state index contributed by atoms with van der Waals surface area (Å²) in [5, 5.41) is 3.89. The third-order valence-corrected chi connectivity index (χ3v) is 7.35. The van der Waals surface area contributed by atoms with Gasteiger partial charge in [0.25, 0.3) is 0 Å². The number of ketones is 1. The summed E-state index contributed by atoms with van der Waals surface area (Å²) in [5.74, 6) is -2.49. The molecule has 1 aliphatic carbocycles. The van der Waals surface area contributed by atoms with Crippen LogP contribution in [0.25, 0.3) is 0 Å². The highest BCUT2D eigenvalue weighted by molar-refractivity contribution is 7.94. The number of carbonyl (C=O) groups excluding carboxylic acids is 2. The van der Waals surface area contributed by atoms with Gasteiger partial charge in [-0.25, -0.2) is 12.8 Å². The molecule has 0 spiro atoms. The lowest BCUT2D eigenvalue weighted by Gasteiger charge is -2.35. The van der Waals surface area contributed by atoms with Crippen LogP contribution in [0.3, 0.4) is 0 Å². The fourth-order valence-electron chi connectivity index (χ4n) is 4.08. The Morgan fingerprint density at radius 2 is 1.87 bits per heavy atom. The van der Waals surface area contributed by atoms with Crippen LogP contribution >= 0.6 is 0 Å². The molecule has 0 saturated heterocycles. The number of hydrogen-bond acceptors (Lipinski definition) is 5. The van der Waals surface area contributed by atoms with Crippen molar-refractivity contribution in [3.05, 3.63) is 65.0 Å². The van der Waals surface area contributed by atoms with Crippen molar-refractivity contribution >= 4 is 32.9 Å². The molecule has 1 saturated carbocycles. The molecule has 0 aromatic heterocycles. The number of anilines is 2. The van der Waals surface area contributed by atoms with Gasteiger partial charge >= 0.3 is 0 Å². The second-order valence-corrected chi connectivity index (χ2v) is 9.69. The third-order valence-electron chi connectivity index (χ3n) is 5.81. The maximum atomic E-state index is 13.9. The zero-order chi connectivity index (χ0) is 21.0. The van der Waals surface area contributed by atoms with Crippen LogP contribution in [0.4, 0.5) is 15.8 Å². The van der Waals surface area contributed by atoms with E-state index >= 15 is 0 Å². The quantitative estimate of drug-likeness (QED) is 0.757. The number of hydrogen-bond donors (Lipinski definition) is 1. The molecule has 1 N–H and O–H groups in total. The van der Waals surface area contributed by atoms with Crippen LogP contribution in [0.15, 0.2) is 58.5 Å². The number of fused-ring (bicyclic) bond motifs is 2. The maximum absolute atomic E-state index is 13.9. The number of nitrogens with one attached hydrogen (secondary N) is 1. The Morgan fingerprint density at radius 3 is 2.63 bits per heavy atom. The van der Waals surface area contributed by atoms with Crippen LogP contribution in [0.2, 0.25) is 0 Å². The molecule has 2 heterocycles. The topological polar surface area (TPSA) is 83.6 Å². The van der Waals surface area contributed by atoms with E-state index in [4.69, 9.17) is 0 Å². The minimum Gasteiger partial charge on any atom is -0.356 e. The Hall–Kier alpha value is -3.00. The van der Waals surface area contributed by atoms with Gasteiger partial charge in [-0.2, -0.15) is 0 Å². The Balaban J connectivity index is 1.59. The molecular formula is C22H19FN2O4S. The summed E-state index contributed by atoms with van der Waals surface area (Å²) >= 11 is 0. The van der Waals surface area contributed by atoms with Crippen LogP contribution in [0.1, 0.15) is 29.6 Å². The first-order chi connectivity index (χ1) is 14.3. The van der Waals surface area contributed by atoms with Crippen molar-refractivity contribution in [3.8, 4) is 0 Å². The molecule has 0 bridgehead atoms. The van der Waals surface area contributed by atoms with Gasteiger partial charge in [0.2, 0.25) is 15.7 Å². The largest absolute Gasteiger partial charge is 0.356 e. The van der Waals surface area contributed by atoms with Gasteiger partial charge in [-0.15, -0.1) is 0 Å². The SMILES string of the molecule is O=C1c2cc(F)ccc2N(CCC2CC2)C(=O)C1C1=CS(=O)(=O)c2ccccc2N1. The normalized spacial score (nSPS) is 22.1. The third kappa shape index (κ3) is 3.11. The second-order valence-electron chi connectivity index (χ2n) is 7.92. The maximum Gasteiger partial charge on any atom is 0.244 e. The van der Waals surface area contributed by atoms with Gasteiger partial charge in [0.15, 0.2) is 5.78 Å². The zero-order valence-corrected chi connectivity index (χ0v) is 16.8. The molecule has 154 valence electrons. The van der Waals surface area contributed by atoms with E-state index in [9.17, 15) is 22.4 Å². The number of Topliss-reactive ketones (excluding diaryl/α,β-unsaturated/α-hetero) is 1. The standard InChI is InChI=1S/C22H19FN2O4S/c23-14-7-8-18-15(11-14)21(26)20(22(27)25(18)10-9-13-5-6-13)17-12-30(28,29)19-4-2-1-3-16(19)24-17/h1-4,7-8,11-13,20,24H,5-6,9-10H2.